The number of aryl methyl sites for hydroxylation is 1. The Morgan fingerprint density at radius 1 is 1.29 bits per heavy atom. The zero-order valence-corrected chi connectivity index (χ0v) is 8.62. The zero-order chi connectivity index (χ0) is 9.97. The van der Waals surface area contributed by atoms with E-state index >= 15 is 0 Å². The second-order valence-electron chi connectivity index (χ2n) is 3.49. The highest BCUT2D eigenvalue weighted by Crippen LogP contribution is 2.13. The van der Waals surface area contributed by atoms with E-state index in [1.807, 2.05) is 12.1 Å². The quantitative estimate of drug-likeness (QED) is 0.678. The highest BCUT2D eigenvalue weighted by atomic mass is 15.0. The fraction of sp³-hybridized carbons (Fsp3) is 0.333. The van der Waals surface area contributed by atoms with Gasteiger partial charge in [0.05, 0.1) is 6.54 Å². The molecule has 72 valence electrons. The third-order valence-corrected chi connectivity index (χ3v) is 2.47. The second kappa shape index (κ2) is 3.74. The summed E-state index contributed by atoms with van der Waals surface area (Å²) in [6.45, 7) is 4.99. The lowest BCUT2D eigenvalue weighted by atomic mass is 10.1. The molecule has 0 saturated heterocycles. The lowest BCUT2D eigenvalue weighted by Crippen LogP contribution is -1.98. The van der Waals surface area contributed by atoms with Crippen LogP contribution in [0, 0.1) is 6.92 Å². The molecule has 0 aromatic heterocycles. The number of rotatable bonds is 2. The van der Waals surface area contributed by atoms with Crippen molar-refractivity contribution in [3.8, 4) is 0 Å². The minimum Gasteiger partial charge on any atom is -0.260 e. The molecule has 0 bridgehead atoms. The van der Waals surface area contributed by atoms with Crippen LogP contribution in [-0.2, 0) is 0 Å². The fourth-order valence-electron chi connectivity index (χ4n) is 1.55. The van der Waals surface area contributed by atoms with E-state index in [4.69, 9.17) is 0 Å². The van der Waals surface area contributed by atoms with E-state index in [2.05, 4.69) is 36.0 Å². The topological polar surface area (TPSA) is 24.7 Å². The van der Waals surface area contributed by atoms with Crippen LogP contribution in [0.15, 0.2) is 34.3 Å². The van der Waals surface area contributed by atoms with Crippen molar-refractivity contribution in [2.75, 3.05) is 6.54 Å². The Morgan fingerprint density at radius 2 is 2.07 bits per heavy atom. The molecule has 1 heterocycles. The molecular formula is C12H14N2. The SMILES string of the molecule is CCC1=NC(c2ccccc2C)=NC1. The van der Waals surface area contributed by atoms with Crippen LogP contribution < -0.4 is 0 Å². The van der Waals surface area contributed by atoms with E-state index in [0.717, 1.165) is 24.4 Å². The van der Waals surface area contributed by atoms with Gasteiger partial charge in [-0.1, -0.05) is 31.2 Å². The van der Waals surface area contributed by atoms with Crippen LogP contribution in [0.3, 0.4) is 0 Å². The predicted molar refractivity (Wildman–Crippen MR) is 60.3 cm³/mol. The van der Waals surface area contributed by atoms with Crippen LogP contribution in [0.25, 0.3) is 0 Å². The molecule has 0 radical (unpaired) electrons. The van der Waals surface area contributed by atoms with Crippen molar-refractivity contribution >= 4 is 11.5 Å². The smallest absolute Gasteiger partial charge is 0.155 e. The summed E-state index contributed by atoms with van der Waals surface area (Å²) in [5.41, 5.74) is 3.59. The van der Waals surface area contributed by atoms with Gasteiger partial charge < -0.3 is 0 Å². The van der Waals surface area contributed by atoms with Gasteiger partial charge in [-0.25, -0.2) is 4.99 Å². The molecule has 14 heavy (non-hydrogen) atoms. The maximum Gasteiger partial charge on any atom is 0.155 e. The van der Waals surface area contributed by atoms with E-state index in [9.17, 15) is 0 Å². The molecule has 0 unspecified atom stereocenters. The number of aliphatic imine (C=N–C) groups is 2. The molecule has 0 N–H and O–H groups in total. The summed E-state index contributed by atoms with van der Waals surface area (Å²) < 4.78 is 0. The van der Waals surface area contributed by atoms with Gasteiger partial charge in [-0.2, -0.15) is 0 Å². The molecule has 0 amide bonds. The van der Waals surface area contributed by atoms with E-state index < -0.39 is 0 Å². The summed E-state index contributed by atoms with van der Waals surface area (Å²) in [6, 6.07) is 8.25. The van der Waals surface area contributed by atoms with Gasteiger partial charge in [0, 0.05) is 11.3 Å². The lowest BCUT2D eigenvalue weighted by molar-refractivity contribution is 1.21. The Hall–Kier alpha value is -1.44. The third-order valence-electron chi connectivity index (χ3n) is 2.47. The summed E-state index contributed by atoms with van der Waals surface area (Å²) in [7, 11) is 0. The molecule has 0 aliphatic carbocycles. The summed E-state index contributed by atoms with van der Waals surface area (Å²) in [6.07, 6.45) is 0.999. The molecule has 2 nitrogen and oxygen atoms in total. The number of benzene rings is 1. The molecule has 1 aromatic rings. The largest absolute Gasteiger partial charge is 0.260 e. The maximum absolute atomic E-state index is 4.50. The van der Waals surface area contributed by atoms with Gasteiger partial charge in [0.15, 0.2) is 5.84 Å². The third kappa shape index (κ3) is 1.60. The number of nitrogens with zero attached hydrogens (tertiary/aromatic N) is 2. The van der Waals surface area contributed by atoms with E-state index in [1.165, 1.54) is 11.3 Å². The summed E-state index contributed by atoms with van der Waals surface area (Å²) in [4.78, 5) is 8.94. The van der Waals surface area contributed by atoms with Gasteiger partial charge in [0.2, 0.25) is 0 Å². The second-order valence-corrected chi connectivity index (χ2v) is 3.49. The van der Waals surface area contributed by atoms with E-state index in [-0.39, 0.29) is 0 Å². The van der Waals surface area contributed by atoms with Crippen molar-refractivity contribution in [3.63, 3.8) is 0 Å². The number of hydrogen-bond donors (Lipinski definition) is 0. The van der Waals surface area contributed by atoms with Crippen molar-refractivity contribution in [3.05, 3.63) is 35.4 Å². The zero-order valence-electron chi connectivity index (χ0n) is 8.62. The molecule has 0 atom stereocenters. The first-order chi connectivity index (χ1) is 6.81. The molecule has 1 aromatic carbocycles. The molecule has 1 aliphatic rings. The summed E-state index contributed by atoms with van der Waals surface area (Å²) >= 11 is 0. The Bertz CT molecular complexity index is 403. The van der Waals surface area contributed by atoms with Crippen LogP contribution in [-0.4, -0.2) is 18.1 Å². The average Bonchev–Trinajstić information content (AvgIpc) is 2.67. The molecule has 2 heteroatoms. The summed E-state index contributed by atoms with van der Waals surface area (Å²) in [5, 5.41) is 0. The first-order valence-electron chi connectivity index (χ1n) is 4.98. The van der Waals surface area contributed by atoms with Gasteiger partial charge in [-0.3, -0.25) is 4.99 Å². The van der Waals surface area contributed by atoms with Crippen LogP contribution in [0.5, 0.6) is 0 Å². The molecule has 0 spiro atoms. The first kappa shape index (κ1) is 9.13. The number of hydrogen-bond acceptors (Lipinski definition) is 2. The van der Waals surface area contributed by atoms with Crippen molar-refractivity contribution in [2.24, 2.45) is 9.98 Å². The Labute approximate surface area is 84.4 Å². The Balaban J connectivity index is 2.34. The first-order valence-corrected chi connectivity index (χ1v) is 4.98. The van der Waals surface area contributed by atoms with Crippen LogP contribution in [0.4, 0.5) is 0 Å². The molecular weight excluding hydrogens is 172 g/mol. The Morgan fingerprint density at radius 3 is 2.71 bits per heavy atom. The van der Waals surface area contributed by atoms with E-state index in [0.29, 0.717) is 0 Å². The van der Waals surface area contributed by atoms with Crippen molar-refractivity contribution in [1.29, 1.82) is 0 Å². The maximum atomic E-state index is 4.50. The highest BCUT2D eigenvalue weighted by Gasteiger charge is 2.11. The highest BCUT2D eigenvalue weighted by molar-refractivity contribution is 6.12. The van der Waals surface area contributed by atoms with Gasteiger partial charge in [0.1, 0.15) is 0 Å². The fourth-order valence-corrected chi connectivity index (χ4v) is 1.55. The average molecular weight is 186 g/mol. The standard InChI is InChI=1S/C12H14N2/c1-3-10-8-13-12(14-10)11-7-5-4-6-9(11)2/h4-7H,3,8H2,1-2H3. The van der Waals surface area contributed by atoms with Crippen LogP contribution in [0.1, 0.15) is 24.5 Å². The summed E-state index contributed by atoms with van der Waals surface area (Å²) in [5.74, 6) is 0.903. The van der Waals surface area contributed by atoms with Gasteiger partial charge in [0.25, 0.3) is 0 Å². The van der Waals surface area contributed by atoms with Crippen LogP contribution >= 0.6 is 0 Å². The normalized spacial score (nSPS) is 15.3. The predicted octanol–water partition coefficient (Wildman–Crippen LogP) is 2.61. The van der Waals surface area contributed by atoms with Crippen molar-refractivity contribution in [1.82, 2.24) is 0 Å². The lowest BCUT2D eigenvalue weighted by Gasteiger charge is -2.01. The minimum atomic E-state index is 0.778. The van der Waals surface area contributed by atoms with E-state index in [1.54, 1.807) is 0 Å². The Kier molecular flexibility index (Phi) is 2.44. The van der Waals surface area contributed by atoms with Gasteiger partial charge in [-0.05, 0) is 18.9 Å². The van der Waals surface area contributed by atoms with Crippen molar-refractivity contribution < 1.29 is 0 Å². The number of amidine groups is 1. The minimum absolute atomic E-state index is 0.778. The molecule has 0 saturated carbocycles. The van der Waals surface area contributed by atoms with Gasteiger partial charge in [-0.15, -0.1) is 0 Å². The monoisotopic (exact) mass is 186 g/mol. The van der Waals surface area contributed by atoms with Crippen molar-refractivity contribution in [2.45, 2.75) is 20.3 Å². The molecule has 0 fully saturated rings. The molecule has 2 rings (SSSR count). The van der Waals surface area contributed by atoms with Crippen LogP contribution in [0.2, 0.25) is 0 Å². The van der Waals surface area contributed by atoms with Gasteiger partial charge >= 0.3 is 0 Å². The molecule has 1 aliphatic heterocycles.